The molecule has 2 aliphatic carbocycles. The third-order valence-electron chi connectivity index (χ3n) is 4.86. The van der Waals surface area contributed by atoms with Crippen LogP contribution in [0.1, 0.15) is 47.8 Å². The molecule has 2 atom stereocenters. The van der Waals surface area contributed by atoms with Crippen LogP contribution in [0, 0.1) is 6.92 Å². The van der Waals surface area contributed by atoms with E-state index in [-0.39, 0.29) is 0 Å². The number of aryl methyl sites for hydroxylation is 1. The third-order valence-corrected chi connectivity index (χ3v) is 4.86. The topological polar surface area (TPSA) is 34.1 Å². The Kier molecular flexibility index (Phi) is 2.88. The summed E-state index contributed by atoms with van der Waals surface area (Å²) in [5.41, 5.74) is 6.35. The van der Waals surface area contributed by atoms with E-state index in [0.717, 1.165) is 17.3 Å². The van der Waals surface area contributed by atoms with E-state index in [2.05, 4.69) is 41.5 Å². The fourth-order valence-corrected chi connectivity index (χ4v) is 4.00. The number of hydrogen-bond acceptors (Lipinski definition) is 3. The summed E-state index contributed by atoms with van der Waals surface area (Å²) in [5.74, 6) is 2.15. The summed E-state index contributed by atoms with van der Waals surface area (Å²) in [6.07, 6.45) is 5.78. The quantitative estimate of drug-likeness (QED) is 0.898. The average molecular weight is 280 g/mol. The fraction of sp³-hybridized carbons (Fsp3) is 0.389. The average Bonchev–Trinajstić information content (AvgIpc) is 3.09. The Morgan fingerprint density at radius 2 is 2.00 bits per heavy atom. The van der Waals surface area contributed by atoms with Gasteiger partial charge in [0.2, 0.25) is 5.88 Å². The highest BCUT2D eigenvalue weighted by Gasteiger charge is 2.41. The zero-order chi connectivity index (χ0) is 14.4. The molecule has 4 rings (SSSR count). The smallest absolute Gasteiger partial charge is 0.216 e. The molecule has 1 N–H and O–H groups in total. The van der Waals surface area contributed by atoms with Crippen LogP contribution in [0.5, 0.6) is 5.88 Å². The standard InChI is InChI=1S/C18H20N2O/c1-11-4-3-5-14(8-11)20-15-10-19-18(21-2)17-13-7-6-12(9-13)16(15)17/h3-5,8,10,12-13,20H,6-7,9H2,1-2H3. The number of pyridine rings is 1. The molecule has 1 aromatic heterocycles. The highest BCUT2D eigenvalue weighted by atomic mass is 16.5. The molecule has 1 aromatic carbocycles. The van der Waals surface area contributed by atoms with Crippen molar-refractivity contribution in [2.45, 2.75) is 38.0 Å². The van der Waals surface area contributed by atoms with Crippen LogP contribution in [-0.4, -0.2) is 12.1 Å². The van der Waals surface area contributed by atoms with E-state index < -0.39 is 0 Å². The number of fused-ring (bicyclic) bond motifs is 5. The molecule has 1 saturated carbocycles. The van der Waals surface area contributed by atoms with Crippen molar-refractivity contribution in [2.75, 3.05) is 12.4 Å². The first kappa shape index (κ1) is 12.7. The Balaban J connectivity index is 1.77. The Morgan fingerprint density at radius 1 is 1.19 bits per heavy atom. The van der Waals surface area contributed by atoms with Crippen LogP contribution < -0.4 is 10.1 Å². The number of anilines is 2. The zero-order valence-corrected chi connectivity index (χ0v) is 12.5. The Hall–Kier alpha value is -2.03. The molecule has 0 amide bonds. The SMILES string of the molecule is COc1ncc(Nc2cccc(C)c2)c2c1C1CCC2C1. The number of aromatic nitrogens is 1. The Labute approximate surface area is 125 Å². The van der Waals surface area contributed by atoms with Gasteiger partial charge in [0.05, 0.1) is 19.0 Å². The van der Waals surface area contributed by atoms with Gasteiger partial charge in [-0.25, -0.2) is 4.98 Å². The van der Waals surface area contributed by atoms with Crippen LogP contribution in [0.2, 0.25) is 0 Å². The van der Waals surface area contributed by atoms with Gasteiger partial charge in [-0.05, 0) is 61.3 Å². The zero-order valence-electron chi connectivity index (χ0n) is 12.5. The molecule has 1 heterocycles. The molecule has 0 spiro atoms. The predicted octanol–water partition coefficient (Wildman–Crippen LogP) is 4.51. The summed E-state index contributed by atoms with van der Waals surface area (Å²) in [5, 5.41) is 3.56. The molecule has 3 nitrogen and oxygen atoms in total. The van der Waals surface area contributed by atoms with Crippen molar-refractivity contribution in [3.05, 3.63) is 47.2 Å². The van der Waals surface area contributed by atoms with Crippen LogP contribution in [-0.2, 0) is 0 Å². The van der Waals surface area contributed by atoms with Crippen LogP contribution in [0.25, 0.3) is 0 Å². The minimum Gasteiger partial charge on any atom is -0.481 e. The first-order valence-electron chi connectivity index (χ1n) is 7.66. The van der Waals surface area contributed by atoms with Crippen LogP contribution in [0.4, 0.5) is 11.4 Å². The highest BCUT2D eigenvalue weighted by molar-refractivity contribution is 5.68. The summed E-state index contributed by atoms with van der Waals surface area (Å²) in [4.78, 5) is 4.52. The maximum Gasteiger partial charge on any atom is 0.216 e. The summed E-state index contributed by atoms with van der Waals surface area (Å²) in [6, 6.07) is 8.48. The van der Waals surface area contributed by atoms with E-state index in [1.807, 2.05) is 6.20 Å². The lowest BCUT2D eigenvalue weighted by Gasteiger charge is -2.21. The lowest BCUT2D eigenvalue weighted by atomic mass is 9.91. The van der Waals surface area contributed by atoms with Gasteiger partial charge in [-0.3, -0.25) is 0 Å². The van der Waals surface area contributed by atoms with E-state index in [1.54, 1.807) is 7.11 Å². The lowest BCUT2D eigenvalue weighted by molar-refractivity contribution is 0.388. The normalized spacial score (nSPS) is 22.2. The maximum absolute atomic E-state index is 5.50. The molecule has 3 heteroatoms. The second kappa shape index (κ2) is 4.76. The summed E-state index contributed by atoms with van der Waals surface area (Å²) in [7, 11) is 1.72. The summed E-state index contributed by atoms with van der Waals surface area (Å²) in [6.45, 7) is 2.11. The van der Waals surface area contributed by atoms with Crippen LogP contribution >= 0.6 is 0 Å². The van der Waals surface area contributed by atoms with Crippen LogP contribution in [0.15, 0.2) is 30.5 Å². The van der Waals surface area contributed by atoms with Crippen molar-refractivity contribution in [3.8, 4) is 5.88 Å². The van der Waals surface area contributed by atoms with Gasteiger partial charge in [-0.15, -0.1) is 0 Å². The maximum atomic E-state index is 5.50. The van der Waals surface area contributed by atoms with Gasteiger partial charge in [0.15, 0.2) is 0 Å². The first-order chi connectivity index (χ1) is 10.3. The van der Waals surface area contributed by atoms with Crippen molar-refractivity contribution >= 4 is 11.4 Å². The number of nitrogens with one attached hydrogen (secondary N) is 1. The number of benzene rings is 1. The highest BCUT2D eigenvalue weighted by Crippen LogP contribution is 2.57. The van der Waals surface area contributed by atoms with E-state index in [9.17, 15) is 0 Å². The fourth-order valence-electron chi connectivity index (χ4n) is 4.00. The molecule has 21 heavy (non-hydrogen) atoms. The molecular weight excluding hydrogens is 260 g/mol. The number of methoxy groups -OCH3 is 1. The van der Waals surface area contributed by atoms with Gasteiger partial charge < -0.3 is 10.1 Å². The lowest BCUT2D eigenvalue weighted by Crippen LogP contribution is -2.07. The van der Waals surface area contributed by atoms with Crippen molar-refractivity contribution in [1.82, 2.24) is 4.98 Å². The van der Waals surface area contributed by atoms with Gasteiger partial charge >= 0.3 is 0 Å². The van der Waals surface area contributed by atoms with Crippen molar-refractivity contribution in [2.24, 2.45) is 0 Å². The van der Waals surface area contributed by atoms with Gasteiger partial charge in [-0.1, -0.05) is 12.1 Å². The van der Waals surface area contributed by atoms with Crippen molar-refractivity contribution in [3.63, 3.8) is 0 Å². The molecule has 2 aromatic rings. The molecule has 0 aliphatic heterocycles. The van der Waals surface area contributed by atoms with Crippen LogP contribution in [0.3, 0.4) is 0 Å². The number of ether oxygens (including phenoxy) is 1. The summed E-state index contributed by atoms with van der Waals surface area (Å²) >= 11 is 0. The van der Waals surface area contributed by atoms with E-state index in [1.165, 1.54) is 36.0 Å². The second-order valence-electron chi connectivity index (χ2n) is 6.21. The minimum absolute atomic E-state index is 0.645. The van der Waals surface area contributed by atoms with Gasteiger partial charge in [-0.2, -0.15) is 0 Å². The molecule has 1 fully saturated rings. The minimum atomic E-state index is 0.645. The largest absolute Gasteiger partial charge is 0.481 e. The molecule has 2 aliphatic rings. The van der Waals surface area contributed by atoms with Gasteiger partial charge in [0, 0.05) is 11.3 Å². The molecule has 108 valence electrons. The monoisotopic (exact) mass is 280 g/mol. The predicted molar refractivity (Wildman–Crippen MR) is 84.6 cm³/mol. The number of hydrogen-bond donors (Lipinski definition) is 1. The van der Waals surface area contributed by atoms with Gasteiger partial charge in [0.1, 0.15) is 0 Å². The van der Waals surface area contributed by atoms with E-state index in [4.69, 9.17) is 4.74 Å². The number of rotatable bonds is 3. The molecule has 0 radical (unpaired) electrons. The van der Waals surface area contributed by atoms with Crippen molar-refractivity contribution < 1.29 is 4.74 Å². The third kappa shape index (κ3) is 1.99. The second-order valence-corrected chi connectivity index (χ2v) is 6.21. The number of nitrogens with zero attached hydrogens (tertiary/aromatic N) is 1. The van der Waals surface area contributed by atoms with Gasteiger partial charge in [0.25, 0.3) is 0 Å². The van der Waals surface area contributed by atoms with E-state index >= 15 is 0 Å². The Bertz CT molecular complexity index is 696. The molecular formula is C18H20N2O. The summed E-state index contributed by atoms with van der Waals surface area (Å²) < 4.78 is 5.50. The first-order valence-corrected chi connectivity index (χ1v) is 7.66. The molecule has 2 bridgehead atoms. The van der Waals surface area contributed by atoms with E-state index in [0.29, 0.717) is 11.8 Å². The molecule has 2 unspecified atom stereocenters. The Morgan fingerprint density at radius 3 is 2.76 bits per heavy atom. The molecule has 0 saturated heterocycles. The van der Waals surface area contributed by atoms with Crippen molar-refractivity contribution in [1.29, 1.82) is 0 Å².